The lowest BCUT2D eigenvalue weighted by molar-refractivity contribution is 0.112. The van der Waals surface area contributed by atoms with Crippen LogP contribution < -0.4 is 0 Å². The third kappa shape index (κ3) is 2.47. The van der Waals surface area contributed by atoms with Crippen molar-refractivity contribution >= 4 is 17.6 Å². The second-order valence-corrected chi connectivity index (χ2v) is 5.55. The molecule has 0 amide bonds. The number of rotatable bonds is 3. The molecule has 2 nitrogen and oxygen atoms in total. The van der Waals surface area contributed by atoms with Gasteiger partial charge in [-0.1, -0.05) is 13.8 Å². The Morgan fingerprint density at radius 2 is 2.40 bits per heavy atom. The van der Waals surface area contributed by atoms with Crippen LogP contribution in [0.4, 0.5) is 0 Å². The lowest BCUT2D eigenvalue weighted by Gasteiger charge is -2.27. The van der Waals surface area contributed by atoms with Crippen LogP contribution in [-0.4, -0.2) is 24.3 Å². The number of aldehydes is 1. The number of thiophene rings is 1. The Morgan fingerprint density at radius 3 is 3.07 bits per heavy atom. The lowest BCUT2D eigenvalue weighted by atomic mass is 10.1. The lowest BCUT2D eigenvalue weighted by Crippen LogP contribution is -2.32. The number of fused-ring (bicyclic) bond motifs is 1. The summed E-state index contributed by atoms with van der Waals surface area (Å²) in [6.45, 7) is 7.54. The molecule has 0 spiro atoms. The molecule has 0 saturated heterocycles. The molecule has 0 atom stereocenters. The van der Waals surface area contributed by atoms with E-state index < -0.39 is 0 Å². The quantitative estimate of drug-likeness (QED) is 0.732. The largest absolute Gasteiger partial charge is 0.297 e. The van der Waals surface area contributed by atoms with E-state index in [0.29, 0.717) is 0 Å². The molecular weight excluding hydrogens is 206 g/mol. The highest BCUT2D eigenvalue weighted by molar-refractivity contribution is 7.13. The summed E-state index contributed by atoms with van der Waals surface area (Å²) in [4.78, 5) is 15.4. The average Bonchev–Trinajstić information content (AvgIpc) is 2.58. The van der Waals surface area contributed by atoms with Crippen molar-refractivity contribution in [2.75, 3.05) is 13.1 Å². The van der Waals surface area contributed by atoms with Gasteiger partial charge in [-0.25, -0.2) is 0 Å². The van der Waals surface area contributed by atoms with Crippen LogP contribution in [0.2, 0.25) is 0 Å². The highest BCUT2D eigenvalue weighted by Crippen LogP contribution is 2.27. The highest BCUT2D eigenvalue weighted by atomic mass is 32.1. The van der Waals surface area contributed by atoms with Crippen LogP contribution in [0.15, 0.2) is 6.07 Å². The molecule has 1 aromatic heterocycles. The summed E-state index contributed by atoms with van der Waals surface area (Å²) in [6.07, 6.45) is 2.05. The van der Waals surface area contributed by atoms with E-state index >= 15 is 0 Å². The third-order valence-corrected chi connectivity index (χ3v) is 3.72. The molecule has 0 unspecified atom stereocenters. The van der Waals surface area contributed by atoms with Gasteiger partial charge >= 0.3 is 0 Å². The van der Waals surface area contributed by atoms with E-state index in [1.165, 1.54) is 16.4 Å². The molecule has 0 saturated carbocycles. The highest BCUT2D eigenvalue weighted by Gasteiger charge is 2.19. The van der Waals surface area contributed by atoms with Gasteiger partial charge in [0.15, 0.2) is 6.29 Å². The third-order valence-electron chi connectivity index (χ3n) is 2.64. The van der Waals surface area contributed by atoms with E-state index in [9.17, 15) is 4.79 Å². The average molecular weight is 222 g/mol. The molecule has 3 heteroatoms. The maximum atomic E-state index is 10.7. The van der Waals surface area contributed by atoms with Gasteiger partial charge in [0, 0.05) is 24.5 Å². The normalized spacial score (nSPS) is 16.7. The fourth-order valence-electron chi connectivity index (χ4n) is 2.04. The number of nitrogens with zero attached hydrogens (tertiary/aromatic N) is 1. The molecule has 2 heterocycles. The van der Waals surface area contributed by atoms with Crippen molar-refractivity contribution in [2.45, 2.75) is 26.8 Å². The smallest absolute Gasteiger partial charge is 0.160 e. The van der Waals surface area contributed by atoms with Gasteiger partial charge in [0.25, 0.3) is 0 Å². The second-order valence-electron chi connectivity index (χ2n) is 4.38. The predicted octanol–water partition coefficient (Wildman–Crippen LogP) is 2.53. The van der Waals surface area contributed by atoms with Crippen LogP contribution in [0.1, 0.15) is 34.0 Å². The number of carbonyl (C=O) groups is 1. The molecule has 0 aromatic carbocycles. The Morgan fingerprint density at radius 1 is 1.60 bits per heavy atom. The van der Waals surface area contributed by atoms with Gasteiger partial charge in [-0.15, -0.1) is 11.3 Å². The van der Waals surface area contributed by atoms with Gasteiger partial charge in [-0.3, -0.25) is 9.69 Å². The van der Waals surface area contributed by atoms with Crippen molar-refractivity contribution in [3.8, 4) is 0 Å². The topological polar surface area (TPSA) is 20.3 Å². The SMILES string of the molecule is C[C](C)CN1CCc2cc(C=O)sc2C1. The molecular formula is C12H16NOS. The van der Waals surface area contributed by atoms with Crippen LogP contribution in [0.25, 0.3) is 0 Å². The first-order chi connectivity index (χ1) is 7.19. The first-order valence-corrected chi connectivity index (χ1v) is 6.09. The Labute approximate surface area is 94.9 Å². The summed E-state index contributed by atoms with van der Waals surface area (Å²) in [7, 11) is 0. The maximum absolute atomic E-state index is 10.7. The van der Waals surface area contributed by atoms with Gasteiger partial charge in [-0.2, -0.15) is 0 Å². The van der Waals surface area contributed by atoms with E-state index in [2.05, 4.69) is 18.7 Å². The first kappa shape index (κ1) is 10.8. The molecule has 1 aromatic rings. The van der Waals surface area contributed by atoms with Crippen LogP contribution in [0, 0.1) is 5.92 Å². The van der Waals surface area contributed by atoms with Gasteiger partial charge < -0.3 is 0 Å². The van der Waals surface area contributed by atoms with E-state index in [-0.39, 0.29) is 0 Å². The summed E-state index contributed by atoms with van der Waals surface area (Å²) < 4.78 is 0. The van der Waals surface area contributed by atoms with Crippen molar-refractivity contribution in [2.24, 2.45) is 0 Å². The van der Waals surface area contributed by atoms with Crippen molar-refractivity contribution < 1.29 is 4.79 Å². The maximum Gasteiger partial charge on any atom is 0.160 e. The molecule has 15 heavy (non-hydrogen) atoms. The van der Waals surface area contributed by atoms with Crippen LogP contribution >= 0.6 is 11.3 Å². The van der Waals surface area contributed by atoms with Crippen LogP contribution in [-0.2, 0) is 13.0 Å². The summed E-state index contributed by atoms with van der Waals surface area (Å²) in [5, 5.41) is 0. The molecule has 81 valence electrons. The molecule has 1 aliphatic rings. The second kappa shape index (κ2) is 4.45. The minimum Gasteiger partial charge on any atom is -0.297 e. The van der Waals surface area contributed by atoms with E-state index in [4.69, 9.17) is 0 Å². The van der Waals surface area contributed by atoms with Crippen LogP contribution in [0.5, 0.6) is 0 Å². The van der Waals surface area contributed by atoms with Gasteiger partial charge in [0.2, 0.25) is 0 Å². The van der Waals surface area contributed by atoms with Gasteiger partial charge in [0.05, 0.1) is 4.88 Å². The van der Waals surface area contributed by atoms with Crippen LogP contribution in [0.3, 0.4) is 0 Å². The van der Waals surface area contributed by atoms with E-state index in [1.807, 2.05) is 6.07 Å². The zero-order chi connectivity index (χ0) is 10.8. The minimum atomic E-state index is 0.874. The Balaban J connectivity index is 2.08. The van der Waals surface area contributed by atoms with E-state index in [1.54, 1.807) is 11.3 Å². The summed E-state index contributed by atoms with van der Waals surface area (Å²) in [5.41, 5.74) is 1.38. The standard InChI is InChI=1S/C12H16NOS/c1-9(2)6-13-4-3-10-5-11(8-14)15-12(10)7-13/h5,8H,3-4,6-7H2,1-2H3. The Hall–Kier alpha value is -0.670. The zero-order valence-electron chi connectivity index (χ0n) is 9.25. The summed E-state index contributed by atoms with van der Waals surface area (Å²) >= 11 is 1.65. The minimum absolute atomic E-state index is 0.874. The van der Waals surface area contributed by atoms with Gasteiger partial charge in [0.1, 0.15) is 0 Å². The first-order valence-electron chi connectivity index (χ1n) is 5.27. The zero-order valence-corrected chi connectivity index (χ0v) is 10.1. The molecule has 0 bridgehead atoms. The molecule has 1 radical (unpaired) electrons. The fraction of sp³-hybridized carbons (Fsp3) is 0.500. The fourth-order valence-corrected chi connectivity index (χ4v) is 3.11. The monoisotopic (exact) mass is 222 g/mol. The molecule has 1 aliphatic heterocycles. The number of hydrogen-bond donors (Lipinski definition) is 0. The van der Waals surface area contributed by atoms with Crippen molar-refractivity contribution in [1.29, 1.82) is 0 Å². The number of hydrogen-bond acceptors (Lipinski definition) is 3. The number of carbonyl (C=O) groups excluding carboxylic acids is 1. The van der Waals surface area contributed by atoms with Gasteiger partial charge in [-0.05, 0) is 24.0 Å². The molecule has 0 aliphatic carbocycles. The molecule has 2 rings (SSSR count). The Bertz CT molecular complexity index is 357. The Kier molecular flexibility index (Phi) is 3.22. The van der Waals surface area contributed by atoms with Crippen molar-refractivity contribution in [3.63, 3.8) is 0 Å². The molecule has 0 fully saturated rings. The van der Waals surface area contributed by atoms with E-state index in [0.717, 1.165) is 37.2 Å². The predicted molar refractivity (Wildman–Crippen MR) is 63.3 cm³/mol. The summed E-state index contributed by atoms with van der Waals surface area (Å²) in [6, 6.07) is 2.05. The van der Waals surface area contributed by atoms with Crippen molar-refractivity contribution in [3.05, 3.63) is 27.3 Å². The molecule has 0 N–H and O–H groups in total. The summed E-state index contributed by atoms with van der Waals surface area (Å²) in [5.74, 6) is 1.45. The van der Waals surface area contributed by atoms with Crippen molar-refractivity contribution in [1.82, 2.24) is 4.90 Å².